The summed E-state index contributed by atoms with van der Waals surface area (Å²) in [4.78, 5) is 6.62. The Morgan fingerprint density at radius 1 is 1.50 bits per heavy atom. The van der Waals surface area contributed by atoms with E-state index in [1.165, 1.54) is 12.8 Å². The third-order valence-corrected chi connectivity index (χ3v) is 3.93. The molecule has 0 bridgehead atoms. The van der Waals surface area contributed by atoms with Crippen LogP contribution >= 0.6 is 39.1 Å². The first-order valence-electron chi connectivity index (χ1n) is 5.36. The second-order valence-corrected chi connectivity index (χ2v) is 5.59. The molecule has 1 fully saturated rings. The number of hydrogen-bond acceptors (Lipinski definition) is 2. The Morgan fingerprint density at radius 2 is 2.31 bits per heavy atom. The van der Waals surface area contributed by atoms with Crippen LogP contribution in [0.2, 0.25) is 5.02 Å². The number of hydrogen-bond donors (Lipinski definition) is 0. The van der Waals surface area contributed by atoms with E-state index in [-0.39, 0.29) is 0 Å². The molecule has 2 heterocycles. The van der Waals surface area contributed by atoms with E-state index in [2.05, 4.69) is 25.8 Å². The molecule has 1 aromatic heterocycles. The second kappa shape index (κ2) is 5.56. The summed E-state index contributed by atoms with van der Waals surface area (Å²) in [5, 5.41) is 0.686. The Bertz CT molecular complexity index is 373. The van der Waals surface area contributed by atoms with Crippen molar-refractivity contribution >= 4 is 44.9 Å². The van der Waals surface area contributed by atoms with Crippen LogP contribution in [0.5, 0.6) is 0 Å². The average molecular weight is 324 g/mol. The summed E-state index contributed by atoms with van der Waals surface area (Å²) in [6.07, 6.45) is 5.32. The molecule has 0 N–H and O–H groups in total. The van der Waals surface area contributed by atoms with Crippen LogP contribution in [0, 0.1) is 0 Å². The molecule has 1 aliphatic rings. The Balaban J connectivity index is 2.27. The molecule has 0 spiro atoms. The highest BCUT2D eigenvalue weighted by Crippen LogP contribution is 2.31. The van der Waals surface area contributed by atoms with Crippen molar-refractivity contribution in [2.24, 2.45) is 0 Å². The number of pyridine rings is 1. The third kappa shape index (κ3) is 2.63. The van der Waals surface area contributed by atoms with Crippen LogP contribution in [0.4, 0.5) is 5.82 Å². The van der Waals surface area contributed by atoms with Gasteiger partial charge in [-0.25, -0.2) is 4.98 Å². The third-order valence-electron chi connectivity index (χ3n) is 2.87. The number of halogens is 3. The molecule has 1 aromatic rings. The molecule has 2 rings (SSSR count). The number of anilines is 1. The normalized spacial score (nSPS) is 21.2. The molecule has 0 amide bonds. The Labute approximate surface area is 114 Å². The van der Waals surface area contributed by atoms with Gasteiger partial charge in [0, 0.05) is 29.1 Å². The second-order valence-electron chi connectivity index (χ2n) is 3.96. The van der Waals surface area contributed by atoms with Gasteiger partial charge in [0.2, 0.25) is 0 Å². The van der Waals surface area contributed by atoms with Gasteiger partial charge in [0.15, 0.2) is 0 Å². The summed E-state index contributed by atoms with van der Waals surface area (Å²) >= 11 is 15.6. The summed E-state index contributed by atoms with van der Waals surface area (Å²) in [7, 11) is 0. The van der Waals surface area contributed by atoms with Crippen molar-refractivity contribution in [3.63, 3.8) is 0 Å². The lowest BCUT2D eigenvalue weighted by molar-refractivity contribution is 0.484. The lowest BCUT2D eigenvalue weighted by Crippen LogP contribution is -2.41. The van der Waals surface area contributed by atoms with Crippen LogP contribution in [-0.2, 0) is 0 Å². The van der Waals surface area contributed by atoms with Crippen LogP contribution in [0.15, 0.2) is 16.7 Å². The van der Waals surface area contributed by atoms with E-state index in [1.807, 2.05) is 6.07 Å². The minimum atomic E-state index is 0.363. The maximum atomic E-state index is 6.21. The van der Waals surface area contributed by atoms with Crippen molar-refractivity contribution in [3.05, 3.63) is 21.8 Å². The molecule has 1 aliphatic heterocycles. The fourth-order valence-electron chi connectivity index (χ4n) is 2.06. The molecule has 0 radical (unpaired) electrons. The average Bonchev–Trinajstić information content (AvgIpc) is 2.29. The van der Waals surface area contributed by atoms with Crippen LogP contribution in [0.1, 0.15) is 19.3 Å². The molecular formula is C11H13BrCl2N2. The van der Waals surface area contributed by atoms with Crippen LogP contribution in [0.25, 0.3) is 0 Å². The van der Waals surface area contributed by atoms with Crippen molar-refractivity contribution in [1.29, 1.82) is 0 Å². The fraction of sp³-hybridized carbons (Fsp3) is 0.545. The standard InChI is InChI=1S/C11H13BrCl2N2/c12-8-5-10(14)11(15-7-8)16-4-2-1-3-9(16)6-13/h5,7,9H,1-4,6H2. The van der Waals surface area contributed by atoms with E-state index in [0.29, 0.717) is 16.9 Å². The maximum absolute atomic E-state index is 6.21. The van der Waals surface area contributed by atoms with Gasteiger partial charge in [0.05, 0.1) is 5.02 Å². The molecule has 0 aliphatic carbocycles. The van der Waals surface area contributed by atoms with Gasteiger partial charge in [-0.15, -0.1) is 11.6 Å². The van der Waals surface area contributed by atoms with Crippen LogP contribution in [0.3, 0.4) is 0 Å². The van der Waals surface area contributed by atoms with Crippen LogP contribution in [-0.4, -0.2) is 23.5 Å². The first-order chi connectivity index (χ1) is 7.72. The lowest BCUT2D eigenvalue weighted by Gasteiger charge is -2.36. The van der Waals surface area contributed by atoms with Gasteiger partial charge in [-0.3, -0.25) is 0 Å². The van der Waals surface area contributed by atoms with Crippen molar-refractivity contribution in [2.75, 3.05) is 17.3 Å². The number of alkyl halides is 1. The quantitative estimate of drug-likeness (QED) is 0.762. The largest absolute Gasteiger partial charge is 0.351 e. The number of rotatable bonds is 2. The topological polar surface area (TPSA) is 16.1 Å². The van der Waals surface area contributed by atoms with Gasteiger partial charge in [-0.2, -0.15) is 0 Å². The van der Waals surface area contributed by atoms with E-state index in [4.69, 9.17) is 23.2 Å². The summed E-state index contributed by atoms with van der Waals surface area (Å²) in [5.41, 5.74) is 0. The van der Waals surface area contributed by atoms with E-state index in [1.54, 1.807) is 6.20 Å². The van der Waals surface area contributed by atoms with Gasteiger partial charge < -0.3 is 4.90 Å². The minimum absolute atomic E-state index is 0.363. The van der Waals surface area contributed by atoms with Gasteiger partial charge in [0.25, 0.3) is 0 Å². The zero-order valence-corrected chi connectivity index (χ0v) is 11.9. The first-order valence-corrected chi connectivity index (χ1v) is 7.06. The lowest BCUT2D eigenvalue weighted by atomic mass is 10.0. The highest BCUT2D eigenvalue weighted by atomic mass is 79.9. The van der Waals surface area contributed by atoms with E-state index in [0.717, 1.165) is 23.3 Å². The van der Waals surface area contributed by atoms with E-state index in [9.17, 15) is 0 Å². The summed E-state index contributed by atoms with van der Waals surface area (Å²) in [6.45, 7) is 0.992. The molecule has 88 valence electrons. The molecule has 1 unspecified atom stereocenters. The monoisotopic (exact) mass is 322 g/mol. The molecule has 1 saturated heterocycles. The van der Waals surface area contributed by atoms with Crippen molar-refractivity contribution < 1.29 is 0 Å². The van der Waals surface area contributed by atoms with Gasteiger partial charge in [0.1, 0.15) is 5.82 Å². The van der Waals surface area contributed by atoms with Crippen molar-refractivity contribution in [2.45, 2.75) is 25.3 Å². The van der Waals surface area contributed by atoms with E-state index < -0.39 is 0 Å². The highest BCUT2D eigenvalue weighted by molar-refractivity contribution is 9.10. The molecule has 1 atom stereocenters. The zero-order chi connectivity index (χ0) is 11.5. The summed E-state index contributed by atoms with van der Waals surface area (Å²) in [6, 6.07) is 2.24. The van der Waals surface area contributed by atoms with Crippen LogP contribution < -0.4 is 4.90 Å². The fourth-order valence-corrected chi connectivity index (χ4v) is 3.12. The smallest absolute Gasteiger partial charge is 0.147 e. The number of piperidine rings is 1. The summed E-state index contributed by atoms with van der Waals surface area (Å²) in [5.74, 6) is 1.49. The Morgan fingerprint density at radius 3 is 3.00 bits per heavy atom. The van der Waals surface area contributed by atoms with E-state index >= 15 is 0 Å². The Hall–Kier alpha value is 0.01000. The predicted molar refractivity (Wildman–Crippen MR) is 72.7 cm³/mol. The minimum Gasteiger partial charge on any atom is -0.351 e. The molecule has 5 heteroatoms. The maximum Gasteiger partial charge on any atom is 0.147 e. The molecule has 2 nitrogen and oxygen atoms in total. The zero-order valence-electron chi connectivity index (χ0n) is 8.80. The van der Waals surface area contributed by atoms with Gasteiger partial charge >= 0.3 is 0 Å². The number of aromatic nitrogens is 1. The van der Waals surface area contributed by atoms with Gasteiger partial charge in [-0.05, 0) is 41.3 Å². The highest BCUT2D eigenvalue weighted by Gasteiger charge is 2.24. The molecule has 0 aromatic carbocycles. The number of nitrogens with zero attached hydrogens (tertiary/aromatic N) is 2. The first kappa shape index (κ1) is 12.5. The summed E-state index contributed by atoms with van der Waals surface area (Å²) < 4.78 is 0.903. The SMILES string of the molecule is ClCC1CCCCN1c1ncc(Br)cc1Cl. The van der Waals surface area contributed by atoms with Crippen molar-refractivity contribution in [1.82, 2.24) is 4.98 Å². The molecule has 16 heavy (non-hydrogen) atoms. The van der Waals surface area contributed by atoms with Crippen molar-refractivity contribution in [3.8, 4) is 0 Å². The molecular weight excluding hydrogens is 311 g/mol. The molecule has 0 saturated carbocycles. The van der Waals surface area contributed by atoms with Gasteiger partial charge in [-0.1, -0.05) is 11.6 Å². The predicted octanol–water partition coefficient (Wildman–Crippen LogP) is 4.10. The Kier molecular flexibility index (Phi) is 4.34.